The Hall–Kier alpha value is -1.05. The van der Waals surface area contributed by atoms with Gasteiger partial charge in [-0.25, -0.2) is 0 Å². The van der Waals surface area contributed by atoms with E-state index in [1.54, 1.807) is 42.7 Å². The average Bonchev–Trinajstić information content (AvgIpc) is 3.34. The molecule has 2 unspecified atom stereocenters. The molecule has 0 aliphatic carbocycles. The minimum atomic E-state index is -1.28. The van der Waals surface area contributed by atoms with Crippen LogP contribution in [0.4, 0.5) is 0 Å². The number of hydrogen-bond acceptors (Lipinski definition) is 19. The SMILES string of the molecule is COCCOCCOC(CCCCCCC(C)C(=O)C(C)CCCCCCC(OCCOCCOC)(OCCOCCOC)OCCOCCOC)(OCCOCCOC)OCCOCCOC. The molecule has 0 N–H and O–H groups in total. The molecular weight excluding hydrogens is 893 g/mol. The lowest BCUT2D eigenvalue weighted by Gasteiger charge is -2.33. The van der Waals surface area contributed by atoms with Crippen molar-refractivity contribution in [2.24, 2.45) is 11.8 Å². The molecule has 0 aliphatic heterocycles. The number of carbonyl (C=O) groups is 1. The first-order valence-corrected chi connectivity index (χ1v) is 25.1. The van der Waals surface area contributed by atoms with Crippen molar-refractivity contribution >= 4 is 5.78 Å². The first-order chi connectivity index (χ1) is 33.3. The molecular formula is C49H98O19. The van der Waals surface area contributed by atoms with Crippen molar-refractivity contribution in [1.29, 1.82) is 0 Å². The lowest BCUT2D eigenvalue weighted by molar-refractivity contribution is -0.388. The highest BCUT2D eigenvalue weighted by atomic mass is 16.9. The van der Waals surface area contributed by atoms with Gasteiger partial charge in [0.1, 0.15) is 5.78 Å². The molecule has 0 aromatic carbocycles. The third-order valence-corrected chi connectivity index (χ3v) is 10.6. The van der Waals surface area contributed by atoms with E-state index in [4.69, 9.17) is 85.3 Å². The summed E-state index contributed by atoms with van der Waals surface area (Å²) in [6.45, 7) is 13.8. The van der Waals surface area contributed by atoms with Crippen LogP contribution in [0.25, 0.3) is 0 Å². The molecule has 0 amide bonds. The molecule has 0 aromatic rings. The molecule has 68 heavy (non-hydrogen) atoms. The summed E-state index contributed by atoms with van der Waals surface area (Å²) >= 11 is 0. The van der Waals surface area contributed by atoms with Crippen molar-refractivity contribution in [1.82, 2.24) is 0 Å². The molecule has 0 aliphatic rings. The van der Waals surface area contributed by atoms with Crippen LogP contribution in [0.5, 0.6) is 0 Å². The second-order valence-corrected chi connectivity index (χ2v) is 16.2. The maximum Gasteiger partial charge on any atom is 0.283 e. The third-order valence-electron chi connectivity index (χ3n) is 10.6. The number of unbranched alkanes of at least 4 members (excludes halogenated alkanes) is 6. The van der Waals surface area contributed by atoms with Gasteiger partial charge >= 0.3 is 0 Å². The van der Waals surface area contributed by atoms with E-state index in [2.05, 4.69) is 13.8 Å². The number of ether oxygens (including phenoxy) is 18. The predicted molar refractivity (Wildman–Crippen MR) is 256 cm³/mol. The van der Waals surface area contributed by atoms with Gasteiger partial charge < -0.3 is 85.3 Å². The Morgan fingerprint density at radius 3 is 0.721 bits per heavy atom. The molecule has 0 saturated heterocycles. The van der Waals surface area contributed by atoms with E-state index in [0.717, 1.165) is 64.2 Å². The molecule has 0 radical (unpaired) electrons. The molecule has 0 aromatic heterocycles. The van der Waals surface area contributed by atoms with Gasteiger partial charge in [-0.15, -0.1) is 0 Å². The topological polar surface area (TPSA) is 183 Å². The Labute approximate surface area is 410 Å². The second-order valence-electron chi connectivity index (χ2n) is 16.2. The Morgan fingerprint density at radius 2 is 0.500 bits per heavy atom. The minimum Gasteiger partial charge on any atom is -0.382 e. The number of rotatable bonds is 58. The summed E-state index contributed by atoms with van der Waals surface area (Å²) in [5.41, 5.74) is 0. The number of Topliss-reactive ketones (excluding diaryl/α,β-unsaturated/α-hetero) is 1. The normalized spacial score (nSPS) is 13.2. The number of hydrogen-bond donors (Lipinski definition) is 0. The summed E-state index contributed by atoms with van der Waals surface area (Å²) in [7, 11) is 9.82. The maximum absolute atomic E-state index is 13.4. The molecule has 0 fully saturated rings. The van der Waals surface area contributed by atoms with Crippen LogP contribution in [0, 0.1) is 11.8 Å². The quantitative estimate of drug-likeness (QED) is 0.0519. The highest BCUT2D eigenvalue weighted by Gasteiger charge is 2.35. The van der Waals surface area contributed by atoms with Gasteiger partial charge in [-0.1, -0.05) is 52.4 Å². The first kappa shape index (κ1) is 67.0. The van der Waals surface area contributed by atoms with Gasteiger partial charge in [0.2, 0.25) is 0 Å². The van der Waals surface area contributed by atoms with Gasteiger partial charge in [0.25, 0.3) is 11.9 Å². The lowest BCUT2D eigenvalue weighted by atomic mass is 9.88. The van der Waals surface area contributed by atoms with Crippen LogP contribution in [0.3, 0.4) is 0 Å². The smallest absolute Gasteiger partial charge is 0.283 e. The monoisotopic (exact) mass is 991 g/mol. The zero-order valence-electron chi connectivity index (χ0n) is 43.9. The van der Waals surface area contributed by atoms with Crippen molar-refractivity contribution in [3.8, 4) is 0 Å². The van der Waals surface area contributed by atoms with E-state index in [-0.39, 0.29) is 51.5 Å². The molecule has 19 heteroatoms. The first-order valence-electron chi connectivity index (χ1n) is 25.1. The van der Waals surface area contributed by atoms with Crippen molar-refractivity contribution in [2.75, 3.05) is 201 Å². The lowest BCUT2D eigenvalue weighted by Crippen LogP contribution is -2.42. The molecule has 19 nitrogen and oxygen atoms in total. The fourth-order valence-corrected chi connectivity index (χ4v) is 6.75. The van der Waals surface area contributed by atoms with Crippen LogP contribution in [-0.2, 0) is 90.1 Å². The van der Waals surface area contributed by atoms with Crippen molar-refractivity contribution < 1.29 is 90.1 Å². The average molecular weight is 991 g/mol. The molecule has 0 heterocycles. The minimum absolute atomic E-state index is 0.00378. The molecule has 0 rings (SSSR count). The van der Waals surface area contributed by atoms with Gasteiger partial charge in [0.05, 0.1) is 159 Å². The summed E-state index contributed by atoms with van der Waals surface area (Å²) in [5, 5.41) is 0. The highest BCUT2D eigenvalue weighted by Crippen LogP contribution is 2.27. The van der Waals surface area contributed by atoms with Crippen LogP contribution in [0.1, 0.15) is 90.9 Å². The summed E-state index contributed by atoms with van der Waals surface area (Å²) in [6.07, 6.45) is 10.1. The molecule has 0 saturated carbocycles. The van der Waals surface area contributed by atoms with E-state index in [9.17, 15) is 4.79 Å². The van der Waals surface area contributed by atoms with Gasteiger partial charge in [0.15, 0.2) is 0 Å². The van der Waals surface area contributed by atoms with Gasteiger partial charge in [0, 0.05) is 67.3 Å². The predicted octanol–water partition coefficient (Wildman–Crippen LogP) is 5.89. The van der Waals surface area contributed by atoms with E-state index in [0.29, 0.717) is 138 Å². The van der Waals surface area contributed by atoms with Crippen LogP contribution < -0.4 is 0 Å². The Balaban J connectivity index is 5.12. The zero-order valence-corrected chi connectivity index (χ0v) is 43.9. The van der Waals surface area contributed by atoms with E-state index in [1.165, 1.54) is 0 Å². The van der Waals surface area contributed by atoms with E-state index >= 15 is 0 Å². The Kier molecular flexibility index (Phi) is 50.1. The highest BCUT2D eigenvalue weighted by molar-refractivity contribution is 5.82. The Morgan fingerprint density at radius 1 is 0.294 bits per heavy atom. The van der Waals surface area contributed by atoms with Crippen LogP contribution in [0.2, 0.25) is 0 Å². The summed E-state index contributed by atoms with van der Waals surface area (Å²) in [6, 6.07) is 0. The fourth-order valence-electron chi connectivity index (χ4n) is 6.75. The summed E-state index contributed by atoms with van der Waals surface area (Å²) in [5.74, 6) is -2.24. The molecule has 0 spiro atoms. The summed E-state index contributed by atoms with van der Waals surface area (Å²) in [4.78, 5) is 13.4. The summed E-state index contributed by atoms with van der Waals surface area (Å²) < 4.78 is 102. The van der Waals surface area contributed by atoms with E-state index in [1.807, 2.05) is 0 Å². The van der Waals surface area contributed by atoms with Gasteiger partial charge in [-0.05, 0) is 25.7 Å². The molecule has 0 bridgehead atoms. The number of ketones is 1. The zero-order chi connectivity index (χ0) is 49.9. The van der Waals surface area contributed by atoms with E-state index < -0.39 is 11.9 Å². The van der Waals surface area contributed by atoms with Gasteiger partial charge in [-0.3, -0.25) is 4.79 Å². The molecule has 2 atom stereocenters. The fraction of sp³-hybridized carbons (Fsp3) is 0.980. The van der Waals surface area contributed by atoms with Crippen molar-refractivity contribution in [3.63, 3.8) is 0 Å². The van der Waals surface area contributed by atoms with Crippen molar-refractivity contribution in [2.45, 2.75) is 103 Å². The van der Waals surface area contributed by atoms with Gasteiger partial charge in [-0.2, -0.15) is 0 Å². The second kappa shape index (κ2) is 50.9. The molecule has 408 valence electrons. The van der Waals surface area contributed by atoms with Crippen molar-refractivity contribution in [3.05, 3.63) is 0 Å². The Bertz CT molecular complexity index is 873. The standard InChI is InChI=1S/C49H98O19/c1-45(17-13-9-11-15-19-48(63-39-33-57-27-21-51-3,64-40-34-58-28-22-52-4)65-41-35-59-29-23-53-5)47(50)46(2)18-14-10-12-16-20-49(66-42-36-60-30-24-54-6,67-43-37-61-31-25-55-7)68-44-38-62-32-26-56-8/h45-46H,9-44H2,1-8H3. The largest absolute Gasteiger partial charge is 0.382 e. The van der Waals surface area contributed by atoms with Crippen LogP contribution >= 0.6 is 0 Å². The van der Waals surface area contributed by atoms with Crippen LogP contribution in [-0.4, -0.2) is 219 Å². The maximum atomic E-state index is 13.4. The third kappa shape index (κ3) is 40.5. The number of carbonyl (C=O) groups excluding carboxylic acids is 1. The van der Waals surface area contributed by atoms with Crippen LogP contribution in [0.15, 0.2) is 0 Å². The number of methoxy groups -OCH3 is 6.